The van der Waals surface area contributed by atoms with Gasteiger partial charge in [-0.3, -0.25) is 9.28 Å². The van der Waals surface area contributed by atoms with E-state index < -0.39 is 84.0 Å². The smallest absolute Gasteiger partial charge is 0.870 e. The van der Waals surface area contributed by atoms with Gasteiger partial charge < -0.3 is 50.4 Å². The number of carboxylic acid groups (broad SMARTS) is 1. The van der Waals surface area contributed by atoms with Gasteiger partial charge in [-0.25, -0.2) is 46.7 Å². The minimum atomic E-state index is -4.88. The number of benzene rings is 6. The minimum absolute atomic E-state index is 0. The van der Waals surface area contributed by atoms with Crippen LogP contribution >= 0.6 is 0 Å². The molecule has 2 atom stereocenters. The number of carboxylic acids is 1. The third kappa shape index (κ3) is 19.7. The van der Waals surface area contributed by atoms with Gasteiger partial charge in [-0.05, 0) is 134 Å². The molecule has 0 fully saturated rings. The second-order valence-electron chi connectivity index (χ2n) is 17.9. The number of aliphatic carboxylic acids is 1. The molecule has 0 spiro atoms. The van der Waals surface area contributed by atoms with Crippen LogP contribution in [0, 0.1) is 0 Å². The van der Waals surface area contributed by atoms with Crippen molar-refractivity contribution in [2.24, 2.45) is 15.3 Å². The number of amides is 1. The van der Waals surface area contributed by atoms with Crippen LogP contribution in [0.4, 0.5) is 22.7 Å². The molecule has 0 saturated heterocycles. The first-order valence-electron chi connectivity index (χ1n) is 23.9. The van der Waals surface area contributed by atoms with Gasteiger partial charge in [-0.2, -0.15) is 20.3 Å². The Morgan fingerprint density at radius 2 is 1.10 bits per heavy atom. The summed E-state index contributed by atoms with van der Waals surface area (Å²) in [6.45, 7) is 5.20. The molecule has 6 aromatic rings. The van der Waals surface area contributed by atoms with Crippen LogP contribution in [0.25, 0.3) is 5.57 Å². The molecule has 2 unspecified atom stereocenters. The number of quaternary nitrogens is 3. The molecule has 88 heavy (non-hydrogen) atoms. The summed E-state index contributed by atoms with van der Waals surface area (Å²) in [7, 11) is -21.7. The number of nitrogens with zero attached hydrogens (tertiary/aromatic N) is 6. The fraction of sp³-hybridized carbons (Fsp3) is 0.132. The molecule has 2 aliphatic rings. The molecule has 0 aromatic heterocycles. The zero-order valence-corrected chi connectivity index (χ0v) is 58.5. The van der Waals surface area contributed by atoms with Crippen LogP contribution in [0.2, 0.25) is 0 Å². The van der Waals surface area contributed by atoms with Crippen LogP contribution in [-0.4, -0.2) is 124 Å². The van der Waals surface area contributed by atoms with E-state index in [0.29, 0.717) is 52.6 Å². The van der Waals surface area contributed by atoms with Gasteiger partial charge in [0.25, 0.3) is 5.91 Å². The van der Waals surface area contributed by atoms with E-state index in [-0.39, 0.29) is 143 Å². The maximum atomic E-state index is 12.6. The number of carbonyl (C=O) groups is 2. The third-order valence-electron chi connectivity index (χ3n) is 12.8. The van der Waals surface area contributed by atoms with Crippen molar-refractivity contribution in [1.29, 1.82) is 0 Å². The third-order valence-corrected chi connectivity index (χ3v) is 17.1. The summed E-state index contributed by atoms with van der Waals surface area (Å²) in [4.78, 5) is 21.8. The Morgan fingerprint density at radius 1 is 0.602 bits per heavy atom. The van der Waals surface area contributed by atoms with Gasteiger partial charge in [0.2, 0.25) is 0 Å². The fourth-order valence-electron chi connectivity index (χ4n) is 8.47. The molecule has 1 amide bonds. The summed E-state index contributed by atoms with van der Waals surface area (Å²) in [6.07, 6.45) is 7.26. The molecule has 6 aromatic carbocycles. The Bertz CT molecular complexity index is 4310. The van der Waals surface area contributed by atoms with Crippen molar-refractivity contribution in [3.63, 3.8) is 0 Å². The van der Waals surface area contributed by atoms with E-state index in [1.54, 1.807) is 48.6 Å². The molecule has 1 aliphatic carbocycles. The van der Waals surface area contributed by atoms with Crippen molar-refractivity contribution in [3.05, 3.63) is 192 Å². The number of anilines is 1. The molecule has 452 valence electrons. The first-order valence-corrected chi connectivity index (χ1v) is 30.9. The van der Waals surface area contributed by atoms with E-state index in [4.69, 9.17) is 0 Å². The van der Waals surface area contributed by atoms with Crippen LogP contribution in [0.1, 0.15) is 30.5 Å². The molecule has 27 nitrogen and oxygen atoms in total. The van der Waals surface area contributed by atoms with E-state index >= 15 is 0 Å². The SMILES string of the molecule is CC[N+](Cc1cccc(S(=O)(=O)[O-])c1)=C1C=CC(=C(c2ccc([N+](C)(CC)c3cccc(S(=O)(=O)[O-])c3)cc2)c2ccccc2S(=O)(=O)[O-])C=C1.O=C([O-])C1=NN(c2ccc(S(=O)(=O)[O-])cc2)C(=O)C1N=Nc1ccc(S(=O)(=O)[O-])cc1.[NH4+].[NH4+].[Na+].[Na+].[Na+].[OH-]. The molecule has 8 rings (SSSR count). The Hall–Kier alpha value is -5.19. The summed E-state index contributed by atoms with van der Waals surface area (Å²) >= 11 is 0. The van der Waals surface area contributed by atoms with Gasteiger partial charge in [0.15, 0.2) is 18.3 Å². The van der Waals surface area contributed by atoms with E-state index in [1.165, 1.54) is 48.5 Å². The number of hydrogen-bond acceptors (Lipinski definition) is 22. The average molecular weight is 1340 g/mol. The molecular weight excluding hydrogens is 1280 g/mol. The molecule has 0 saturated carbocycles. The second kappa shape index (κ2) is 32.7. The number of hydrogen-bond donors (Lipinski definition) is 2. The van der Waals surface area contributed by atoms with Crippen molar-refractivity contribution in [1.82, 2.24) is 16.8 Å². The average Bonchev–Trinajstić information content (AvgIpc) is 2.31. The van der Waals surface area contributed by atoms with E-state index in [9.17, 15) is 79.5 Å². The molecular formula is C53H53N8Na3O19S5. The quantitative estimate of drug-likeness (QED) is 0.0289. The van der Waals surface area contributed by atoms with Gasteiger partial charge in [0.1, 0.15) is 74.2 Å². The summed E-state index contributed by atoms with van der Waals surface area (Å²) in [5.41, 5.74) is 3.81. The number of azo groups is 1. The Labute approximate surface area is 574 Å². The first-order chi connectivity index (χ1) is 38.3. The zero-order valence-electron chi connectivity index (χ0n) is 48.4. The summed E-state index contributed by atoms with van der Waals surface area (Å²) in [5.74, 6) is -2.77. The van der Waals surface area contributed by atoms with E-state index in [1.807, 2.05) is 49.8 Å². The molecule has 0 radical (unpaired) electrons. The number of carbonyl (C=O) groups excluding carboxylic acids is 2. The van der Waals surface area contributed by atoms with Crippen molar-refractivity contribution < 1.29 is 178 Å². The Kier molecular flexibility index (Phi) is 30.0. The molecule has 1 aliphatic heterocycles. The first kappa shape index (κ1) is 80.8. The number of rotatable bonds is 17. The normalized spacial score (nSPS) is 14.6. The summed E-state index contributed by atoms with van der Waals surface area (Å²) in [6, 6.07) is 31.3. The maximum Gasteiger partial charge on any atom is 1.00 e. The molecule has 9 N–H and O–H groups in total. The monoisotopic (exact) mass is 1330 g/mol. The van der Waals surface area contributed by atoms with Crippen LogP contribution in [0.5, 0.6) is 0 Å². The van der Waals surface area contributed by atoms with Gasteiger partial charge >= 0.3 is 88.7 Å². The number of allylic oxidation sites excluding steroid dienone is 5. The van der Waals surface area contributed by atoms with Crippen molar-refractivity contribution in [3.8, 4) is 0 Å². The Morgan fingerprint density at radius 3 is 1.59 bits per heavy atom. The van der Waals surface area contributed by atoms with E-state index in [2.05, 4.69) is 15.3 Å². The van der Waals surface area contributed by atoms with Crippen molar-refractivity contribution in [2.75, 3.05) is 25.1 Å². The largest absolute Gasteiger partial charge is 1.00 e. The molecule has 1 heterocycles. The van der Waals surface area contributed by atoms with Gasteiger partial charge in [-0.15, -0.1) is 0 Å². The zero-order chi connectivity index (χ0) is 60.2. The standard InChI is InChI=1S/C37H36N2O9S3.C16H12N4O9S2.2H3N.3Na.H2O/c1-4-38(26-27-10-8-12-33(24-27)49(40,41)42)30-20-16-28(17-21-30)37(35-14-6-7-15-36(35)51(46,47)48)29-18-22-31(23-19-29)39(3,5-2)32-11-9-13-34(25-32)50(43,44)45;21-15-13(18-17-9-1-5-11(6-2-9)30(24,25)26)14(16(22)23)19-20(15)10-3-7-12(8-4-10)31(27,28)29;;;;;;/h6-25H,4-5,26H2,1-3H3,(H-2,40,41,42,43,44,45,46,47,48);1-8,13H,(H,22,23)(H,24,25,26)(H,27,28,29);2*1H3;;;;1H2/q;;;;3*+1;/p-3. The van der Waals surface area contributed by atoms with Crippen molar-refractivity contribution >= 4 is 102 Å². The Balaban J connectivity index is 0.000000909. The maximum absolute atomic E-state index is 12.6. The van der Waals surface area contributed by atoms with Crippen LogP contribution in [-0.2, 0) is 66.7 Å². The van der Waals surface area contributed by atoms with Gasteiger partial charge in [0.05, 0.1) is 55.4 Å². The fourth-order valence-corrected chi connectivity index (χ4v) is 11.1. The van der Waals surface area contributed by atoms with E-state index in [0.717, 1.165) is 59.9 Å². The predicted molar refractivity (Wildman–Crippen MR) is 302 cm³/mol. The molecule has 35 heteroatoms. The minimum Gasteiger partial charge on any atom is -0.870 e. The van der Waals surface area contributed by atoms with Gasteiger partial charge in [0, 0.05) is 41.5 Å². The number of hydrazone groups is 1. The van der Waals surface area contributed by atoms with Crippen molar-refractivity contribution in [2.45, 2.75) is 50.9 Å². The second-order valence-corrected chi connectivity index (χ2v) is 24.8. The van der Waals surface area contributed by atoms with Crippen LogP contribution in [0.3, 0.4) is 0 Å². The topological polar surface area (TPSA) is 490 Å². The molecule has 0 bridgehead atoms. The summed E-state index contributed by atoms with van der Waals surface area (Å²) in [5, 5.41) is 22.8. The predicted octanol–water partition coefficient (Wildman–Crippen LogP) is -4.02. The van der Waals surface area contributed by atoms with Crippen LogP contribution in [0.15, 0.2) is 215 Å². The summed E-state index contributed by atoms with van der Waals surface area (Å²) < 4.78 is 175. The van der Waals surface area contributed by atoms with Gasteiger partial charge in [-0.1, -0.05) is 36.4 Å². The van der Waals surface area contributed by atoms with Crippen LogP contribution < -0.4 is 116 Å².